The van der Waals surface area contributed by atoms with Crippen LogP contribution < -0.4 is 0 Å². The van der Waals surface area contributed by atoms with E-state index in [0.29, 0.717) is 50.7 Å². The van der Waals surface area contributed by atoms with E-state index in [9.17, 15) is 26.3 Å². The molecule has 32 heavy (non-hydrogen) atoms. The summed E-state index contributed by atoms with van der Waals surface area (Å²) in [5.74, 6) is -2.58. The fourth-order valence-electron chi connectivity index (χ4n) is 4.91. The fraction of sp³-hybridized carbons (Fsp3) is 0.680. The highest BCUT2D eigenvalue weighted by molar-refractivity contribution is 5.29. The van der Waals surface area contributed by atoms with Crippen molar-refractivity contribution < 1.29 is 31.1 Å². The second kappa shape index (κ2) is 11.1. The van der Waals surface area contributed by atoms with Gasteiger partial charge in [0.25, 0.3) is 0 Å². The number of halogens is 6. The zero-order chi connectivity index (χ0) is 23.3. The third-order valence-electron chi connectivity index (χ3n) is 6.95. The topological polar surface area (TPSA) is 9.23 Å². The molecule has 0 aromatic heterocycles. The van der Waals surface area contributed by atoms with Crippen molar-refractivity contribution in [2.75, 3.05) is 6.61 Å². The molecule has 0 heterocycles. The number of allylic oxidation sites excluding steroid dienone is 2. The number of rotatable bonds is 7. The van der Waals surface area contributed by atoms with Gasteiger partial charge in [-0.25, -0.2) is 13.2 Å². The highest BCUT2D eigenvalue weighted by Gasteiger charge is 2.35. The first-order valence-electron chi connectivity index (χ1n) is 11.7. The van der Waals surface area contributed by atoms with Crippen molar-refractivity contribution in [2.24, 2.45) is 11.8 Å². The summed E-state index contributed by atoms with van der Waals surface area (Å²) in [6.45, 7) is 2.53. The second-order valence-corrected chi connectivity index (χ2v) is 9.44. The maximum Gasteiger partial charge on any atom is 0.442 e. The SMILES string of the molecule is CC1CCC(c2cc(F)c(CCCOC3CCC(C=C(F)C(F)(F)F)CC3)c(F)c2)CC1. The number of ether oxygens (including phenoxy) is 1. The zero-order valence-electron chi connectivity index (χ0n) is 18.5. The molecule has 0 spiro atoms. The standard InChI is InChI=1S/C25H32F6O/c1-16-4-8-18(9-5-16)19-14-22(26)21(23(27)15-19)3-2-12-32-20-10-6-17(7-11-20)13-24(28)25(29,30)31/h13-18,20H,2-12H2,1H3. The molecule has 2 aliphatic rings. The first-order chi connectivity index (χ1) is 15.1. The monoisotopic (exact) mass is 462 g/mol. The predicted molar refractivity (Wildman–Crippen MR) is 112 cm³/mol. The molecule has 0 saturated heterocycles. The third-order valence-corrected chi connectivity index (χ3v) is 6.95. The number of hydrogen-bond donors (Lipinski definition) is 0. The number of alkyl halides is 3. The van der Waals surface area contributed by atoms with E-state index in [4.69, 9.17) is 4.74 Å². The maximum atomic E-state index is 14.6. The molecule has 2 saturated carbocycles. The molecule has 3 rings (SSSR count). The van der Waals surface area contributed by atoms with Crippen molar-refractivity contribution in [1.29, 1.82) is 0 Å². The quantitative estimate of drug-likeness (QED) is 0.293. The fourth-order valence-corrected chi connectivity index (χ4v) is 4.91. The van der Waals surface area contributed by atoms with Gasteiger partial charge in [0.2, 0.25) is 0 Å². The van der Waals surface area contributed by atoms with E-state index in [-0.39, 0.29) is 24.0 Å². The van der Waals surface area contributed by atoms with Crippen molar-refractivity contribution in [3.63, 3.8) is 0 Å². The molecule has 7 heteroatoms. The van der Waals surface area contributed by atoms with Gasteiger partial charge in [-0.3, -0.25) is 0 Å². The first kappa shape index (κ1) is 25.1. The molecule has 1 nitrogen and oxygen atoms in total. The minimum absolute atomic E-state index is 0.0815. The average molecular weight is 463 g/mol. The largest absolute Gasteiger partial charge is 0.442 e. The summed E-state index contributed by atoms with van der Waals surface area (Å²) in [6, 6.07) is 2.96. The summed E-state index contributed by atoms with van der Waals surface area (Å²) in [7, 11) is 0. The molecule has 2 aliphatic carbocycles. The van der Waals surface area contributed by atoms with Crippen LogP contribution in [0, 0.1) is 23.5 Å². The molecule has 1 aromatic carbocycles. The minimum Gasteiger partial charge on any atom is -0.378 e. The summed E-state index contributed by atoms with van der Waals surface area (Å²) < 4.78 is 84.8. The molecule has 1 aromatic rings. The molecular formula is C25H32F6O. The Morgan fingerprint density at radius 3 is 2.12 bits per heavy atom. The van der Waals surface area contributed by atoms with E-state index in [1.165, 1.54) is 12.1 Å². The average Bonchev–Trinajstić information content (AvgIpc) is 2.73. The Morgan fingerprint density at radius 1 is 0.969 bits per heavy atom. The summed E-state index contributed by atoms with van der Waals surface area (Å²) in [6.07, 6.45) is 2.37. The van der Waals surface area contributed by atoms with Crippen LogP contribution in [-0.4, -0.2) is 18.9 Å². The Hall–Kier alpha value is -1.50. The Bertz CT molecular complexity index is 748. The van der Waals surface area contributed by atoms with Crippen LogP contribution in [0.25, 0.3) is 0 Å². The third kappa shape index (κ3) is 7.00. The Labute approximate surface area is 186 Å². The van der Waals surface area contributed by atoms with E-state index >= 15 is 0 Å². The summed E-state index contributed by atoms with van der Waals surface area (Å²) >= 11 is 0. The van der Waals surface area contributed by atoms with Gasteiger partial charge in [0.1, 0.15) is 11.6 Å². The van der Waals surface area contributed by atoms with Crippen LogP contribution in [0.4, 0.5) is 26.3 Å². The Morgan fingerprint density at radius 2 is 1.56 bits per heavy atom. The highest BCUT2D eigenvalue weighted by Crippen LogP contribution is 2.37. The van der Waals surface area contributed by atoms with Crippen LogP contribution in [0.2, 0.25) is 0 Å². The lowest BCUT2D eigenvalue weighted by atomic mass is 9.79. The molecule has 2 fully saturated rings. The van der Waals surface area contributed by atoms with E-state index in [1.54, 1.807) is 0 Å². The van der Waals surface area contributed by atoms with Crippen LogP contribution in [0.1, 0.15) is 81.8 Å². The Kier molecular flexibility index (Phi) is 8.70. The lowest BCUT2D eigenvalue weighted by molar-refractivity contribution is -0.109. The second-order valence-electron chi connectivity index (χ2n) is 9.44. The van der Waals surface area contributed by atoms with Crippen molar-refractivity contribution >= 4 is 0 Å². The molecule has 0 bridgehead atoms. The summed E-state index contributed by atoms with van der Waals surface area (Å²) in [4.78, 5) is 0. The first-order valence-corrected chi connectivity index (χ1v) is 11.7. The highest BCUT2D eigenvalue weighted by atomic mass is 19.4. The van der Waals surface area contributed by atoms with Gasteiger partial charge in [0.15, 0.2) is 5.83 Å². The summed E-state index contributed by atoms with van der Waals surface area (Å²) in [5, 5.41) is 0. The van der Waals surface area contributed by atoms with Crippen molar-refractivity contribution in [1.82, 2.24) is 0 Å². The molecule has 180 valence electrons. The van der Waals surface area contributed by atoms with Crippen LogP contribution >= 0.6 is 0 Å². The maximum absolute atomic E-state index is 14.6. The van der Waals surface area contributed by atoms with E-state index in [0.717, 1.165) is 31.2 Å². The summed E-state index contributed by atoms with van der Waals surface area (Å²) in [5.41, 5.74) is 0.831. The normalized spacial score (nSPS) is 27.5. The van der Waals surface area contributed by atoms with Gasteiger partial charge in [-0.15, -0.1) is 0 Å². The predicted octanol–water partition coefficient (Wildman–Crippen LogP) is 8.18. The van der Waals surface area contributed by atoms with Gasteiger partial charge in [-0.2, -0.15) is 13.2 Å². The lowest BCUT2D eigenvalue weighted by Crippen LogP contribution is -2.22. The van der Waals surface area contributed by atoms with Gasteiger partial charge in [-0.1, -0.05) is 19.8 Å². The Balaban J connectivity index is 1.41. The molecule has 0 radical (unpaired) electrons. The van der Waals surface area contributed by atoms with Crippen molar-refractivity contribution in [3.8, 4) is 0 Å². The zero-order valence-corrected chi connectivity index (χ0v) is 18.5. The van der Waals surface area contributed by atoms with Gasteiger partial charge >= 0.3 is 6.18 Å². The van der Waals surface area contributed by atoms with Gasteiger partial charge < -0.3 is 4.74 Å². The van der Waals surface area contributed by atoms with Crippen molar-refractivity contribution in [3.05, 3.63) is 46.8 Å². The van der Waals surface area contributed by atoms with E-state index in [1.807, 2.05) is 0 Å². The smallest absolute Gasteiger partial charge is 0.378 e. The molecule has 0 unspecified atom stereocenters. The van der Waals surface area contributed by atoms with E-state index in [2.05, 4.69) is 6.92 Å². The minimum atomic E-state index is -4.93. The van der Waals surface area contributed by atoms with Crippen LogP contribution in [-0.2, 0) is 11.2 Å². The molecule has 0 aliphatic heterocycles. The van der Waals surface area contributed by atoms with Crippen LogP contribution in [0.3, 0.4) is 0 Å². The van der Waals surface area contributed by atoms with E-state index < -0.39 is 29.6 Å². The molecule has 0 atom stereocenters. The van der Waals surface area contributed by atoms with Crippen LogP contribution in [0.15, 0.2) is 24.0 Å². The van der Waals surface area contributed by atoms with Gasteiger partial charge in [0, 0.05) is 12.2 Å². The number of benzene rings is 1. The van der Waals surface area contributed by atoms with Gasteiger partial charge in [-0.05, 0) is 92.9 Å². The van der Waals surface area contributed by atoms with Crippen molar-refractivity contribution in [2.45, 2.75) is 89.3 Å². The van der Waals surface area contributed by atoms with Crippen LogP contribution in [0.5, 0.6) is 0 Å². The lowest BCUT2D eigenvalue weighted by Gasteiger charge is -2.27. The molecule has 0 amide bonds. The van der Waals surface area contributed by atoms with Gasteiger partial charge in [0.05, 0.1) is 6.10 Å². The number of hydrogen-bond acceptors (Lipinski definition) is 1. The molecule has 0 N–H and O–H groups in total. The molecular weight excluding hydrogens is 430 g/mol.